The van der Waals surface area contributed by atoms with Crippen molar-refractivity contribution in [2.75, 3.05) is 11.9 Å². The number of benzene rings is 1. The minimum absolute atomic E-state index is 0.000809. The highest BCUT2D eigenvalue weighted by atomic mass is 32.1. The van der Waals surface area contributed by atoms with Crippen molar-refractivity contribution < 1.29 is 9.59 Å². The molecule has 1 aliphatic carbocycles. The van der Waals surface area contributed by atoms with E-state index in [1.807, 2.05) is 50.1 Å². The Balaban J connectivity index is 1.31. The molecule has 0 bridgehead atoms. The molecule has 1 aromatic carbocycles. The number of hydrogen-bond acceptors (Lipinski definition) is 5. The van der Waals surface area contributed by atoms with Crippen molar-refractivity contribution in [2.45, 2.75) is 45.6 Å². The monoisotopic (exact) mass is 485 g/mol. The number of pyridine rings is 1. The number of nitrogens with zero attached hydrogens (tertiary/aromatic N) is 4. The quantitative estimate of drug-likeness (QED) is 0.442. The molecule has 8 heteroatoms. The van der Waals surface area contributed by atoms with Gasteiger partial charge in [0.1, 0.15) is 0 Å². The van der Waals surface area contributed by atoms with Gasteiger partial charge in [0.05, 0.1) is 16.6 Å². The highest BCUT2D eigenvalue weighted by Crippen LogP contribution is 2.40. The largest absolute Gasteiger partial charge is 0.334 e. The SMILES string of the molecule is Cc1c(NC(=O)c2cc(C3CC3)nc3c2c(C)nn3C)cccc1C(=O)N1CCc2sccc2C1. The summed E-state index contributed by atoms with van der Waals surface area (Å²) in [7, 11) is 1.86. The Morgan fingerprint density at radius 1 is 1.14 bits per heavy atom. The Hall–Kier alpha value is -3.52. The molecule has 4 aromatic rings. The van der Waals surface area contributed by atoms with E-state index in [9.17, 15) is 9.59 Å². The van der Waals surface area contributed by atoms with Gasteiger partial charge in [-0.3, -0.25) is 14.3 Å². The molecule has 0 radical (unpaired) electrons. The van der Waals surface area contributed by atoms with E-state index in [-0.39, 0.29) is 11.8 Å². The number of aryl methyl sites for hydroxylation is 2. The lowest BCUT2D eigenvalue weighted by atomic mass is 10.0. The second-order valence-corrected chi connectivity index (χ2v) is 10.6. The Labute approximate surface area is 207 Å². The first kappa shape index (κ1) is 22.0. The van der Waals surface area contributed by atoms with Crippen LogP contribution in [0, 0.1) is 13.8 Å². The van der Waals surface area contributed by atoms with E-state index in [2.05, 4.69) is 21.9 Å². The van der Waals surface area contributed by atoms with Gasteiger partial charge in [-0.05, 0) is 73.9 Å². The van der Waals surface area contributed by atoms with E-state index in [0.717, 1.165) is 47.2 Å². The second kappa shape index (κ2) is 8.30. The Kier molecular flexibility index (Phi) is 5.21. The molecule has 1 fully saturated rings. The summed E-state index contributed by atoms with van der Waals surface area (Å²) in [6.45, 7) is 5.14. The number of anilines is 1. The van der Waals surface area contributed by atoms with Crippen molar-refractivity contribution >= 4 is 39.9 Å². The predicted octanol–water partition coefficient (Wildman–Crippen LogP) is 4.97. The van der Waals surface area contributed by atoms with Crippen molar-refractivity contribution in [1.29, 1.82) is 0 Å². The standard InChI is InChI=1S/C27H27N5O2S/c1-15-19(27(34)32-11-9-23-18(14-32)10-12-35-23)5-4-6-21(15)29-26(33)20-13-22(17-7-8-17)28-25-24(20)16(2)30-31(25)3/h4-6,10,12-13,17H,7-9,11,14H2,1-3H3,(H,29,33). The van der Waals surface area contributed by atoms with Crippen LogP contribution < -0.4 is 5.32 Å². The fraction of sp³-hybridized carbons (Fsp3) is 0.333. The summed E-state index contributed by atoms with van der Waals surface area (Å²) in [6, 6.07) is 9.56. The van der Waals surface area contributed by atoms with Gasteiger partial charge in [-0.1, -0.05) is 6.07 Å². The maximum Gasteiger partial charge on any atom is 0.256 e. The van der Waals surface area contributed by atoms with Crippen LogP contribution in [0.3, 0.4) is 0 Å². The van der Waals surface area contributed by atoms with Crippen LogP contribution in [0.25, 0.3) is 11.0 Å². The third-order valence-electron chi connectivity index (χ3n) is 7.14. The fourth-order valence-electron chi connectivity index (χ4n) is 5.02. The molecule has 1 aliphatic heterocycles. The third kappa shape index (κ3) is 3.82. The van der Waals surface area contributed by atoms with Crippen LogP contribution in [0.4, 0.5) is 5.69 Å². The number of hydrogen-bond donors (Lipinski definition) is 1. The summed E-state index contributed by atoms with van der Waals surface area (Å²) >= 11 is 1.76. The molecule has 2 amide bonds. The van der Waals surface area contributed by atoms with E-state index >= 15 is 0 Å². The van der Waals surface area contributed by atoms with Crippen LogP contribution >= 0.6 is 11.3 Å². The van der Waals surface area contributed by atoms with Gasteiger partial charge in [0.15, 0.2) is 5.65 Å². The van der Waals surface area contributed by atoms with E-state index in [0.29, 0.717) is 35.8 Å². The topological polar surface area (TPSA) is 80.1 Å². The summed E-state index contributed by atoms with van der Waals surface area (Å²) in [4.78, 5) is 35.0. The van der Waals surface area contributed by atoms with Crippen molar-refractivity contribution in [2.24, 2.45) is 7.05 Å². The van der Waals surface area contributed by atoms with Crippen LogP contribution in [-0.4, -0.2) is 38.0 Å². The number of fused-ring (bicyclic) bond motifs is 2. The smallest absolute Gasteiger partial charge is 0.256 e. The van der Waals surface area contributed by atoms with Crippen molar-refractivity contribution in [1.82, 2.24) is 19.7 Å². The molecule has 178 valence electrons. The molecule has 35 heavy (non-hydrogen) atoms. The summed E-state index contributed by atoms with van der Waals surface area (Å²) in [5.41, 5.74) is 6.32. The molecule has 0 spiro atoms. The Morgan fingerprint density at radius 3 is 2.77 bits per heavy atom. The minimum Gasteiger partial charge on any atom is -0.334 e. The molecule has 6 rings (SSSR count). The van der Waals surface area contributed by atoms with Crippen LogP contribution in [0.5, 0.6) is 0 Å². The highest BCUT2D eigenvalue weighted by Gasteiger charge is 2.29. The van der Waals surface area contributed by atoms with Crippen molar-refractivity contribution in [3.63, 3.8) is 0 Å². The van der Waals surface area contributed by atoms with E-state index in [1.165, 1.54) is 10.4 Å². The van der Waals surface area contributed by atoms with Crippen molar-refractivity contribution in [3.05, 3.63) is 74.2 Å². The maximum atomic E-state index is 13.6. The van der Waals surface area contributed by atoms with Crippen LogP contribution in [0.15, 0.2) is 35.7 Å². The number of carbonyl (C=O) groups excluding carboxylic acids is 2. The van der Waals surface area contributed by atoms with E-state index in [1.54, 1.807) is 16.0 Å². The van der Waals surface area contributed by atoms with Gasteiger partial charge in [0.2, 0.25) is 0 Å². The highest BCUT2D eigenvalue weighted by molar-refractivity contribution is 7.10. The lowest BCUT2D eigenvalue weighted by Gasteiger charge is -2.28. The van der Waals surface area contributed by atoms with E-state index in [4.69, 9.17) is 4.98 Å². The summed E-state index contributed by atoms with van der Waals surface area (Å²) < 4.78 is 1.75. The first-order valence-corrected chi connectivity index (χ1v) is 12.9. The first-order chi connectivity index (χ1) is 16.9. The lowest BCUT2D eigenvalue weighted by Crippen LogP contribution is -2.35. The Bertz CT molecular complexity index is 1500. The summed E-state index contributed by atoms with van der Waals surface area (Å²) in [5, 5.41) is 10.5. The van der Waals surface area contributed by atoms with Crippen LogP contribution in [0.1, 0.15) is 66.9 Å². The van der Waals surface area contributed by atoms with Gasteiger partial charge in [0, 0.05) is 47.9 Å². The third-order valence-corrected chi connectivity index (χ3v) is 8.16. The second-order valence-electron chi connectivity index (χ2n) is 9.55. The fourth-order valence-corrected chi connectivity index (χ4v) is 5.91. The minimum atomic E-state index is -0.205. The van der Waals surface area contributed by atoms with Crippen LogP contribution in [0.2, 0.25) is 0 Å². The molecular weight excluding hydrogens is 458 g/mol. The summed E-state index contributed by atoms with van der Waals surface area (Å²) in [6.07, 6.45) is 3.09. The predicted molar refractivity (Wildman–Crippen MR) is 137 cm³/mol. The number of rotatable bonds is 4. The zero-order valence-corrected chi connectivity index (χ0v) is 20.9. The van der Waals surface area contributed by atoms with Crippen LogP contribution in [-0.2, 0) is 20.0 Å². The Morgan fingerprint density at radius 2 is 1.97 bits per heavy atom. The molecular formula is C27H27N5O2S. The maximum absolute atomic E-state index is 13.6. The molecule has 4 heterocycles. The van der Waals surface area contributed by atoms with E-state index < -0.39 is 0 Å². The molecule has 1 saturated carbocycles. The van der Waals surface area contributed by atoms with Crippen molar-refractivity contribution in [3.8, 4) is 0 Å². The number of carbonyl (C=O) groups is 2. The summed E-state index contributed by atoms with van der Waals surface area (Å²) in [5.74, 6) is 0.210. The molecule has 1 N–H and O–H groups in total. The molecule has 7 nitrogen and oxygen atoms in total. The molecule has 3 aromatic heterocycles. The van der Waals surface area contributed by atoms with Gasteiger partial charge >= 0.3 is 0 Å². The molecule has 0 atom stereocenters. The van der Waals surface area contributed by atoms with Gasteiger partial charge in [-0.25, -0.2) is 4.98 Å². The average molecular weight is 486 g/mol. The van der Waals surface area contributed by atoms with Gasteiger partial charge in [0.25, 0.3) is 11.8 Å². The van der Waals surface area contributed by atoms with Gasteiger partial charge < -0.3 is 10.2 Å². The van der Waals surface area contributed by atoms with Gasteiger partial charge in [-0.2, -0.15) is 5.10 Å². The zero-order valence-electron chi connectivity index (χ0n) is 20.1. The number of amides is 2. The first-order valence-electron chi connectivity index (χ1n) is 12.0. The number of aromatic nitrogens is 3. The molecule has 2 aliphatic rings. The number of nitrogens with one attached hydrogen (secondary N) is 1. The zero-order chi connectivity index (χ0) is 24.3. The average Bonchev–Trinajstić information content (AvgIpc) is 3.53. The number of thiophene rings is 1. The van der Waals surface area contributed by atoms with Gasteiger partial charge in [-0.15, -0.1) is 11.3 Å². The normalized spacial score (nSPS) is 15.3. The molecule has 0 saturated heterocycles. The molecule has 0 unspecified atom stereocenters. The lowest BCUT2D eigenvalue weighted by molar-refractivity contribution is 0.0735.